The van der Waals surface area contributed by atoms with Crippen molar-refractivity contribution in [1.82, 2.24) is 4.90 Å². The molecule has 0 radical (unpaired) electrons. The van der Waals surface area contributed by atoms with Crippen LogP contribution in [0, 0.1) is 0 Å². The Morgan fingerprint density at radius 2 is 0.733 bits per heavy atom. The number of amides is 4. The van der Waals surface area contributed by atoms with E-state index in [0.29, 0.717) is 39.9 Å². The first kappa shape index (κ1) is 36.7. The van der Waals surface area contributed by atoms with Crippen LogP contribution in [0.15, 0.2) is 91.0 Å². The second kappa shape index (κ2) is 13.3. The molecule has 9 aromatic carbocycles. The van der Waals surface area contributed by atoms with Crippen LogP contribution in [0.4, 0.5) is 5.69 Å². The van der Waals surface area contributed by atoms with Crippen molar-refractivity contribution in [3.63, 3.8) is 0 Å². The van der Waals surface area contributed by atoms with E-state index in [4.69, 9.17) is 0 Å². The molecule has 296 valence electrons. The van der Waals surface area contributed by atoms with Crippen molar-refractivity contribution in [2.24, 2.45) is 0 Å². The van der Waals surface area contributed by atoms with Crippen molar-refractivity contribution in [2.45, 2.75) is 85.0 Å². The fourth-order valence-corrected chi connectivity index (χ4v) is 10.9. The van der Waals surface area contributed by atoms with E-state index in [0.717, 1.165) is 100 Å². The number of imide groups is 2. The zero-order chi connectivity index (χ0) is 41.3. The Morgan fingerprint density at radius 3 is 1.12 bits per heavy atom. The van der Waals surface area contributed by atoms with Crippen molar-refractivity contribution >= 4 is 105 Å². The maximum atomic E-state index is 14.8. The maximum Gasteiger partial charge on any atom is 0.266 e. The van der Waals surface area contributed by atoms with E-state index in [1.165, 1.54) is 29.1 Å². The van der Waals surface area contributed by atoms with Gasteiger partial charge in [0, 0.05) is 39.6 Å². The Hall–Kier alpha value is -6.40. The minimum absolute atomic E-state index is 0.115. The van der Waals surface area contributed by atoms with Gasteiger partial charge in [0.05, 0.1) is 5.69 Å². The van der Waals surface area contributed by atoms with E-state index in [1.807, 2.05) is 42.5 Å². The van der Waals surface area contributed by atoms with E-state index in [-0.39, 0.29) is 35.5 Å². The number of anilines is 1. The Morgan fingerprint density at radius 1 is 0.400 bits per heavy atom. The predicted molar refractivity (Wildman–Crippen MR) is 246 cm³/mol. The molecule has 11 rings (SSSR count). The Kier molecular flexibility index (Phi) is 8.13. The summed E-state index contributed by atoms with van der Waals surface area (Å²) in [5.41, 5.74) is 4.93. The first-order chi connectivity index (χ1) is 29.1. The lowest BCUT2D eigenvalue weighted by Crippen LogP contribution is -2.41. The molecule has 0 unspecified atom stereocenters. The van der Waals surface area contributed by atoms with Crippen LogP contribution in [0.1, 0.15) is 138 Å². The van der Waals surface area contributed by atoms with Crippen molar-refractivity contribution in [2.75, 3.05) is 11.4 Å². The molecule has 60 heavy (non-hydrogen) atoms. The van der Waals surface area contributed by atoms with E-state index < -0.39 is 0 Å². The summed E-state index contributed by atoms with van der Waals surface area (Å²) in [6, 6.07) is 30.7. The Balaban J connectivity index is 1.09. The Labute approximate surface area is 348 Å². The number of nitrogens with zero attached hydrogens (tertiary/aromatic N) is 2. The van der Waals surface area contributed by atoms with Crippen LogP contribution in [0.3, 0.4) is 0 Å². The second-order valence-corrected chi connectivity index (χ2v) is 17.8. The average molecular weight is 787 g/mol. The van der Waals surface area contributed by atoms with E-state index in [9.17, 15) is 19.2 Å². The van der Waals surface area contributed by atoms with Gasteiger partial charge in [-0.1, -0.05) is 133 Å². The standard InChI is InChI=1S/C54H46N2O4/c1-6-7-8-9-10-11-27-55-51(57)40-23-19-36-32-15-17-34-38-21-25-42-49-43(54(60)56(53(42)59)50-30(28(2)3)13-12-14-31(50)29(4)5)26-22-39(47(38)49)35-18-16-33(44(32)45(34)35)37-20-24-41(52(55)58)48(40)46(36)37/h12-26,28-29H,6-11,27H2,1-5H3. The highest BCUT2D eigenvalue weighted by atomic mass is 16.2. The van der Waals surface area contributed by atoms with Crippen LogP contribution < -0.4 is 4.90 Å². The molecule has 0 fully saturated rings. The fraction of sp³-hybridized carbons (Fsp3) is 0.259. The third-order valence-corrected chi connectivity index (χ3v) is 13.8. The highest BCUT2D eigenvalue weighted by molar-refractivity contribution is 6.46. The number of fused-ring (bicyclic) bond motifs is 4. The van der Waals surface area contributed by atoms with Crippen LogP contribution in [0.2, 0.25) is 0 Å². The molecule has 0 atom stereocenters. The second-order valence-electron chi connectivity index (χ2n) is 17.8. The predicted octanol–water partition coefficient (Wildman–Crippen LogP) is 13.6. The van der Waals surface area contributed by atoms with Gasteiger partial charge in [-0.15, -0.1) is 0 Å². The van der Waals surface area contributed by atoms with E-state index in [1.54, 1.807) is 0 Å². The van der Waals surface area contributed by atoms with Crippen molar-refractivity contribution in [1.29, 1.82) is 0 Å². The summed E-state index contributed by atoms with van der Waals surface area (Å²) in [4.78, 5) is 60.5. The number of rotatable bonds is 10. The van der Waals surface area contributed by atoms with Crippen molar-refractivity contribution in [3.8, 4) is 0 Å². The summed E-state index contributed by atoms with van der Waals surface area (Å²) in [5, 5.41) is 13.9. The number of carbonyl (C=O) groups excluding carboxylic acids is 4. The molecule has 0 saturated carbocycles. The van der Waals surface area contributed by atoms with Crippen LogP contribution in [-0.4, -0.2) is 35.1 Å². The van der Waals surface area contributed by atoms with Gasteiger partial charge in [-0.2, -0.15) is 0 Å². The first-order valence-corrected chi connectivity index (χ1v) is 21.8. The lowest BCUT2D eigenvalue weighted by atomic mass is 9.80. The molecule has 0 aliphatic carbocycles. The number of hydrogen-bond donors (Lipinski definition) is 0. The molecule has 2 heterocycles. The minimum Gasteiger partial charge on any atom is -0.274 e. The number of benzene rings is 9. The summed E-state index contributed by atoms with van der Waals surface area (Å²) in [6.45, 7) is 11.1. The van der Waals surface area contributed by atoms with Gasteiger partial charge in [-0.3, -0.25) is 24.1 Å². The van der Waals surface area contributed by atoms with E-state index in [2.05, 4.69) is 83.1 Å². The molecule has 0 N–H and O–H groups in total. The maximum absolute atomic E-state index is 14.8. The van der Waals surface area contributed by atoms with Gasteiger partial charge >= 0.3 is 0 Å². The van der Waals surface area contributed by atoms with Gasteiger partial charge in [-0.05, 0) is 118 Å². The molecule has 6 nitrogen and oxygen atoms in total. The average Bonchev–Trinajstić information content (AvgIpc) is 3.25. The quantitative estimate of drug-likeness (QED) is 0.0599. The molecular formula is C54H46N2O4. The molecular weight excluding hydrogens is 741 g/mol. The molecule has 0 aromatic heterocycles. The highest BCUT2D eigenvalue weighted by Crippen LogP contribution is 2.50. The lowest BCUT2D eigenvalue weighted by Gasteiger charge is -2.33. The number of unbranched alkanes of at least 4 members (excludes halogenated alkanes) is 5. The third-order valence-electron chi connectivity index (χ3n) is 13.8. The van der Waals surface area contributed by atoms with Crippen LogP contribution in [0.25, 0.3) is 75.4 Å². The number of hydrogen-bond acceptors (Lipinski definition) is 4. The lowest BCUT2D eigenvalue weighted by molar-refractivity contribution is 0.0607. The molecule has 4 amide bonds. The van der Waals surface area contributed by atoms with Crippen LogP contribution in [0.5, 0.6) is 0 Å². The Bertz CT molecular complexity index is 3160. The third kappa shape index (κ3) is 4.82. The van der Waals surface area contributed by atoms with Crippen molar-refractivity contribution in [3.05, 3.63) is 124 Å². The molecule has 9 aromatic rings. The topological polar surface area (TPSA) is 74.8 Å². The number of carbonyl (C=O) groups is 4. The van der Waals surface area contributed by atoms with Crippen molar-refractivity contribution < 1.29 is 19.2 Å². The zero-order valence-electron chi connectivity index (χ0n) is 34.8. The van der Waals surface area contributed by atoms with Gasteiger partial charge in [0.1, 0.15) is 0 Å². The molecule has 2 aliphatic heterocycles. The van der Waals surface area contributed by atoms with Gasteiger partial charge in [-0.25, -0.2) is 4.90 Å². The summed E-state index contributed by atoms with van der Waals surface area (Å²) in [6.07, 6.45) is 6.51. The van der Waals surface area contributed by atoms with Gasteiger partial charge < -0.3 is 0 Å². The largest absolute Gasteiger partial charge is 0.274 e. The van der Waals surface area contributed by atoms with Gasteiger partial charge in [0.15, 0.2) is 0 Å². The summed E-state index contributed by atoms with van der Waals surface area (Å²) in [7, 11) is 0. The normalized spacial score (nSPS) is 14.6. The summed E-state index contributed by atoms with van der Waals surface area (Å²) >= 11 is 0. The monoisotopic (exact) mass is 786 g/mol. The van der Waals surface area contributed by atoms with Gasteiger partial charge in [0.25, 0.3) is 23.6 Å². The summed E-state index contributed by atoms with van der Waals surface area (Å²) < 4.78 is 0. The molecule has 0 bridgehead atoms. The van der Waals surface area contributed by atoms with Crippen LogP contribution >= 0.6 is 0 Å². The zero-order valence-corrected chi connectivity index (χ0v) is 34.8. The van der Waals surface area contributed by atoms with Gasteiger partial charge in [0.2, 0.25) is 0 Å². The SMILES string of the molecule is CCCCCCCCN1C(=O)c2ccc3c4ccc5c6ccc7c8c(ccc(c9ccc(c%10ccc(c2c3%10)C1=O)c4c59)c86)C(=O)N(c1c(C(C)C)cccc1C(C)C)C7=O. The smallest absolute Gasteiger partial charge is 0.266 e. The molecule has 6 heteroatoms. The highest BCUT2D eigenvalue weighted by Gasteiger charge is 2.39. The molecule has 0 saturated heterocycles. The fourth-order valence-electron chi connectivity index (χ4n) is 10.9. The van der Waals surface area contributed by atoms with Crippen LogP contribution in [-0.2, 0) is 0 Å². The molecule has 2 aliphatic rings. The van der Waals surface area contributed by atoms with E-state index >= 15 is 0 Å². The first-order valence-electron chi connectivity index (χ1n) is 21.8. The summed E-state index contributed by atoms with van der Waals surface area (Å²) in [5.74, 6) is -0.763. The minimum atomic E-state index is -0.290. The number of para-hydroxylation sites is 1. The molecule has 0 spiro atoms.